The molecule has 1 aliphatic heterocycles. The molecule has 3 amide bonds. The first-order chi connectivity index (χ1) is 11.1. The van der Waals surface area contributed by atoms with Crippen molar-refractivity contribution in [3.05, 3.63) is 66.0 Å². The Bertz CT molecular complexity index is 760. The Morgan fingerprint density at radius 3 is 2.48 bits per heavy atom. The quantitative estimate of drug-likeness (QED) is 0.735. The predicted octanol–water partition coefficient (Wildman–Crippen LogP) is 0.902. The molecule has 0 bridgehead atoms. The minimum Gasteiger partial charge on any atom is -0.357 e. The van der Waals surface area contributed by atoms with Gasteiger partial charge in [0.2, 0.25) is 0 Å². The number of carbonyl (C=O) groups excluding carboxylic acids is 3. The van der Waals surface area contributed by atoms with E-state index in [1.807, 2.05) is 0 Å². The van der Waals surface area contributed by atoms with Crippen molar-refractivity contribution in [3.8, 4) is 0 Å². The number of hydrogen-bond donors (Lipinski definition) is 3. The number of hydrazine groups is 1. The lowest BCUT2D eigenvalue weighted by Gasteiger charge is -2.17. The molecular formula is C16H14N4O3. The smallest absolute Gasteiger partial charge is 0.286 e. The molecule has 0 saturated heterocycles. The lowest BCUT2D eigenvalue weighted by atomic mass is 10.1. The van der Waals surface area contributed by atoms with Crippen LogP contribution in [-0.4, -0.2) is 34.2 Å². The summed E-state index contributed by atoms with van der Waals surface area (Å²) in [7, 11) is 0. The summed E-state index contributed by atoms with van der Waals surface area (Å²) in [4.78, 5) is 39.9. The molecule has 116 valence electrons. The number of hydrogen-bond acceptors (Lipinski definition) is 3. The number of carbonyl (C=O) groups is 3. The van der Waals surface area contributed by atoms with Crippen LogP contribution in [0.1, 0.15) is 26.4 Å². The molecule has 2 aromatic rings. The second-order valence-electron chi connectivity index (χ2n) is 4.97. The molecule has 0 radical (unpaired) electrons. The number of H-pyrrole nitrogens is 1. The summed E-state index contributed by atoms with van der Waals surface area (Å²) in [5.41, 5.74) is 6.56. The fraction of sp³-hybridized carbons (Fsp3) is 0.0625. The van der Waals surface area contributed by atoms with Crippen molar-refractivity contribution in [3.63, 3.8) is 0 Å². The largest absolute Gasteiger partial charge is 0.357 e. The van der Waals surface area contributed by atoms with E-state index in [0.717, 1.165) is 0 Å². The highest BCUT2D eigenvalue weighted by atomic mass is 16.2. The number of aromatic amines is 1. The van der Waals surface area contributed by atoms with Crippen molar-refractivity contribution in [2.75, 3.05) is 6.54 Å². The van der Waals surface area contributed by atoms with E-state index in [4.69, 9.17) is 0 Å². The molecule has 0 saturated carbocycles. The number of benzene rings is 1. The number of nitrogens with zero attached hydrogens (tertiary/aromatic N) is 1. The molecule has 1 aromatic heterocycles. The number of nitrogens with one attached hydrogen (secondary N) is 3. The van der Waals surface area contributed by atoms with Crippen LogP contribution in [0.3, 0.4) is 0 Å². The van der Waals surface area contributed by atoms with Crippen LogP contribution in [0.15, 0.2) is 49.2 Å². The van der Waals surface area contributed by atoms with Crippen molar-refractivity contribution in [2.45, 2.75) is 0 Å². The Labute approximate surface area is 132 Å². The number of fused-ring (bicyclic) bond motifs is 1. The summed E-state index contributed by atoms with van der Waals surface area (Å²) >= 11 is 0. The normalized spacial score (nSPS) is 13.0. The van der Waals surface area contributed by atoms with Gasteiger partial charge in [0.15, 0.2) is 0 Å². The summed E-state index contributed by atoms with van der Waals surface area (Å²) in [6.07, 6.45) is 1.60. The van der Waals surface area contributed by atoms with Crippen molar-refractivity contribution >= 4 is 23.4 Å². The van der Waals surface area contributed by atoms with Gasteiger partial charge in [0.25, 0.3) is 17.7 Å². The summed E-state index contributed by atoms with van der Waals surface area (Å²) in [5, 5.41) is 0. The standard InChI is InChI=1S/C16H14N4O3/c1-10-11-5-2-3-6-12(11)16(23)20(10)9-14(21)18-19-15(22)13-7-4-8-17-13/h2-8,17H,1,9H2,(H,18,21)(H,19,22). The van der Waals surface area contributed by atoms with Gasteiger partial charge in [0.1, 0.15) is 12.2 Å². The predicted molar refractivity (Wildman–Crippen MR) is 82.9 cm³/mol. The highest BCUT2D eigenvalue weighted by Crippen LogP contribution is 2.30. The van der Waals surface area contributed by atoms with E-state index in [2.05, 4.69) is 22.4 Å². The zero-order chi connectivity index (χ0) is 16.4. The lowest BCUT2D eigenvalue weighted by Crippen LogP contribution is -2.46. The molecule has 3 rings (SSSR count). The van der Waals surface area contributed by atoms with E-state index in [0.29, 0.717) is 22.5 Å². The molecule has 7 nitrogen and oxygen atoms in total. The maximum atomic E-state index is 12.3. The van der Waals surface area contributed by atoms with Gasteiger partial charge in [0, 0.05) is 23.0 Å². The van der Waals surface area contributed by atoms with Gasteiger partial charge in [-0.3, -0.25) is 30.1 Å². The molecule has 2 heterocycles. The summed E-state index contributed by atoms with van der Waals surface area (Å²) in [6.45, 7) is 3.62. The molecule has 0 unspecified atom stereocenters. The first-order valence-corrected chi connectivity index (χ1v) is 6.90. The molecule has 0 atom stereocenters. The first-order valence-electron chi connectivity index (χ1n) is 6.90. The van der Waals surface area contributed by atoms with Crippen LogP contribution in [0.25, 0.3) is 5.70 Å². The Morgan fingerprint density at radius 1 is 1.09 bits per heavy atom. The number of rotatable bonds is 3. The van der Waals surface area contributed by atoms with Crippen molar-refractivity contribution < 1.29 is 14.4 Å². The highest BCUT2D eigenvalue weighted by Gasteiger charge is 2.31. The van der Waals surface area contributed by atoms with Crippen LogP contribution in [0.5, 0.6) is 0 Å². The fourth-order valence-electron chi connectivity index (χ4n) is 2.35. The Kier molecular flexibility index (Phi) is 3.68. The van der Waals surface area contributed by atoms with Gasteiger partial charge in [-0.2, -0.15) is 0 Å². The van der Waals surface area contributed by atoms with Crippen LogP contribution in [0, 0.1) is 0 Å². The molecule has 1 aliphatic rings. The highest BCUT2D eigenvalue weighted by molar-refractivity contribution is 6.10. The third-order valence-electron chi connectivity index (χ3n) is 3.50. The molecule has 0 fully saturated rings. The Hall–Kier alpha value is -3.35. The second-order valence-corrected chi connectivity index (χ2v) is 4.97. The fourth-order valence-corrected chi connectivity index (χ4v) is 2.35. The van der Waals surface area contributed by atoms with Gasteiger partial charge in [-0.25, -0.2) is 0 Å². The van der Waals surface area contributed by atoms with E-state index in [9.17, 15) is 14.4 Å². The Morgan fingerprint density at radius 2 is 1.83 bits per heavy atom. The second kappa shape index (κ2) is 5.80. The molecule has 7 heteroatoms. The summed E-state index contributed by atoms with van der Waals surface area (Å²) < 4.78 is 0. The maximum Gasteiger partial charge on any atom is 0.286 e. The van der Waals surface area contributed by atoms with Gasteiger partial charge in [0.05, 0.1) is 0 Å². The van der Waals surface area contributed by atoms with Crippen molar-refractivity contribution in [1.29, 1.82) is 0 Å². The average molecular weight is 310 g/mol. The van der Waals surface area contributed by atoms with Gasteiger partial charge in [-0.15, -0.1) is 0 Å². The van der Waals surface area contributed by atoms with Crippen LogP contribution in [-0.2, 0) is 4.79 Å². The molecular weight excluding hydrogens is 296 g/mol. The molecule has 1 aromatic carbocycles. The van der Waals surface area contributed by atoms with E-state index < -0.39 is 11.8 Å². The van der Waals surface area contributed by atoms with Crippen molar-refractivity contribution in [1.82, 2.24) is 20.7 Å². The third-order valence-corrected chi connectivity index (χ3v) is 3.50. The van der Waals surface area contributed by atoms with E-state index in [1.165, 1.54) is 4.90 Å². The van der Waals surface area contributed by atoms with E-state index >= 15 is 0 Å². The summed E-state index contributed by atoms with van der Waals surface area (Å²) in [5.74, 6) is -1.28. The molecule has 23 heavy (non-hydrogen) atoms. The number of aromatic nitrogens is 1. The van der Waals surface area contributed by atoms with Gasteiger partial charge in [-0.1, -0.05) is 24.8 Å². The SMILES string of the molecule is C=C1c2ccccc2C(=O)N1CC(=O)NNC(=O)c1ccc[nH]1. The minimum absolute atomic E-state index is 0.225. The topological polar surface area (TPSA) is 94.3 Å². The van der Waals surface area contributed by atoms with Gasteiger partial charge < -0.3 is 4.98 Å². The van der Waals surface area contributed by atoms with Crippen LogP contribution < -0.4 is 10.9 Å². The molecule has 0 spiro atoms. The van der Waals surface area contributed by atoms with Crippen LogP contribution >= 0.6 is 0 Å². The van der Waals surface area contributed by atoms with Crippen LogP contribution in [0.4, 0.5) is 0 Å². The first kappa shape index (κ1) is 14.6. The monoisotopic (exact) mass is 310 g/mol. The lowest BCUT2D eigenvalue weighted by molar-refractivity contribution is -0.122. The zero-order valence-electron chi connectivity index (χ0n) is 12.1. The van der Waals surface area contributed by atoms with E-state index in [1.54, 1.807) is 42.6 Å². The van der Waals surface area contributed by atoms with Crippen molar-refractivity contribution in [2.24, 2.45) is 0 Å². The number of amides is 3. The third kappa shape index (κ3) is 2.71. The molecule has 3 N–H and O–H groups in total. The van der Waals surface area contributed by atoms with Crippen LogP contribution in [0.2, 0.25) is 0 Å². The van der Waals surface area contributed by atoms with E-state index in [-0.39, 0.29) is 12.5 Å². The zero-order valence-corrected chi connectivity index (χ0v) is 12.1. The molecule has 0 aliphatic carbocycles. The van der Waals surface area contributed by atoms with Gasteiger partial charge in [-0.05, 0) is 18.2 Å². The minimum atomic E-state index is -0.521. The Balaban J connectivity index is 1.60. The summed E-state index contributed by atoms with van der Waals surface area (Å²) in [6, 6.07) is 10.3. The van der Waals surface area contributed by atoms with Gasteiger partial charge >= 0.3 is 0 Å². The maximum absolute atomic E-state index is 12.3. The average Bonchev–Trinajstić information content (AvgIpc) is 3.17.